The Morgan fingerprint density at radius 1 is 1.62 bits per heavy atom. The van der Waals surface area contributed by atoms with Crippen molar-refractivity contribution in [3.8, 4) is 0 Å². The van der Waals surface area contributed by atoms with Gasteiger partial charge in [-0.15, -0.1) is 0 Å². The zero-order chi connectivity index (χ0) is 12.6. The summed E-state index contributed by atoms with van der Waals surface area (Å²) in [6.45, 7) is 3.65. The summed E-state index contributed by atoms with van der Waals surface area (Å²) >= 11 is 1.50. The molecule has 5 nitrogen and oxygen atoms in total. The van der Waals surface area contributed by atoms with E-state index in [1.807, 2.05) is 13.2 Å². The maximum absolute atomic E-state index is 11.5. The number of nitrogens with two attached hydrogens (primary N) is 1. The first-order valence-corrected chi connectivity index (χ1v) is 6.51. The molecule has 0 spiro atoms. The van der Waals surface area contributed by atoms with Crippen LogP contribution in [-0.2, 0) is 19.4 Å². The molecule has 0 rings (SSSR count). The van der Waals surface area contributed by atoms with Crippen molar-refractivity contribution in [3.05, 3.63) is 0 Å². The number of carbonyl (C=O) groups is 2. The van der Waals surface area contributed by atoms with E-state index in [9.17, 15) is 9.59 Å². The molecule has 6 heteroatoms. The van der Waals surface area contributed by atoms with Crippen molar-refractivity contribution in [1.82, 2.24) is 0 Å². The van der Waals surface area contributed by atoms with Gasteiger partial charge in [-0.1, -0.05) is 6.92 Å². The number of carbonyl (C=O) groups excluding carboxylic acids is 2. The summed E-state index contributed by atoms with van der Waals surface area (Å²) < 4.78 is 0. The number of rotatable bonds is 8. The van der Waals surface area contributed by atoms with Gasteiger partial charge in [0.2, 0.25) is 0 Å². The normalized spacial score (nSPS) is 16.2. The molecule has 0 aromatic carbocycles. The highest BCUT2D eigenvalue weighted by atomic mass is 32.2. The zero-order valence-corrected chi connectivity index (χ0v) is 10.7. The molecule has 0 aromatic heterocycles. The third-order valence-electron chi connectivity index (χ3n) is 2.17. The molecule has 0 fully saturated rings. The molecule has 0 aliphatic carbocycles. The van der Waals surface area contributed by atoms with Gasteiger partial charge in [0.15, 0.2) is 11.8 Å². The Labute approximate surface area is 100.0 Å². The topological polar surface area (TPSA) is 78.6 Å². The highest BCUT2D eigenvalue weighted by Gasteiger charge is 2.36. The second kappa shape index (κ2) is 7.65. The van der Waals surface area contributed by atoms with Crippen LogP contribution < -0.4 is 5.73 Å². The highest BCUT2D eigenvalue weighted by molar-refractivity contribution is 7.98. The van der Waals surface area contributed by atoms with Crippen molar-refractivity contribution >= 4 is 24.0 Å². The molecule has 2 N–H and O–H groups in total. The fourth-order valence-corrected chi connectivity index (χ4v) is 1.29. The van der Waals surface area contributed by atoms with Gasteiger partial charge in [-0.3, -0.25) is 4.89 Å². The molecule has 0 aromatic rings. The summed E-state index contributed by atoms with van der Waals surface area (Å²) in [4.78, 5) is 31.6. The van der Waals surface area contributed by atoms with E-state index in [4.69, 9.17) is 10.6 Å². The average molecular weight is 249 g/mol. The van der Waals surface area contributed by atoms with Crippen LogP contribution in [0.25, 0.3) is 0 Å². The molecule has 0 heterocycles. The van der Waals surface area contributed by atoms with E-state index < -0.39 is 11.5 Å². The molecular formula is C10H19NO4S. The van der Waals surface area contributed by atoms with Crippen LogP contribution in [0.5, 0.6) is 0 Å². The second-order valence-corrected chi connectivity index (χ2v) is 4.57. The Bertz CT molecular complexity index is 237. The Balaban J connectivity index is 4.24. The molecule has 0 saturated carbocycles. The lowest BCUT2D eigenvalue weighted by molar-refractivity contribution is -0.298. The van der Waals surface area contributed by atoms with Crippen LogP contribution in [0, 0.1) is 0 Å². The van der Waals surface area contributed by atoms with Crippen molar-refractivity contribution in [2.45, 2.75) is 38.3 Å². The van der Waals surface area contributed by atoms with Crippen molar-refractivity contribution < 1.29 is 19.4 Å². The lowest BCUT2D eigenvalue weighted by Gasteiger charge is -2.20. The zero-order valence-electron chi connectivity index (χ0n) is 9.89. The van der Waals surface area contributed by atoms with E-state index in [0.717, 1.165) is 0 Å². The van der Waals surface area contributed by atoms with Crippen LogP contribution in [-0.4, -0.2) is 35.9 Å². The summed E-state index contributed by atoms with van der Waals surface area (Å²) in [5.41, 5.74) is 4.02. The summed E-state index contributed by atoms with van der Waals surface area (Å²) in [6.07, 6.45) is 3.01. The van der Waals surface area contributed by atoms with Gasteiger partial charge in [0.1, 0.15) is 6.10 Å². The van der Waals surface area contributed by atoms with Gasteiger partial charge >= 0.3 is 5.97 Å². The third-order valence-corrected chi connectivity index (χ3v) is 2.79. The van der Waals surface area contributed by atoms with Gasteiger partial charge in [0.25, 0.3) is 0 Å². The molecule has 0 radical (unpaired) electrons. The van der Waals surface area contributed by atoms with Gasteiger partial charge in [0.05, 0.1) is 0 Å². The summed E-state index contributed by atoms with van der Waals surface area (Å²) in [5.74, 6) is -0.231. The van der Waals surface area contributed by atoms with Crippen molar-refractivity contribution in [3.63, 3.8) is 0 Å². The first-order chi connectivity index (χ1) is 7.50. The van der Waals surface area contributed by atoms with Crippen molar-refractivity contribution in [2.75, 3.05) is 12.0 Å². The minimum Gasteiger partial charge on any atom is -0.310 e. The van der Waals surface area contributed by atoms with Crippen LogP contribution >= 0.6 is 11.8 Å². The molecular weight excluding hydrogens is 230 g/mol. The van der Waals surface area contributed by atoms with E-state index in [0.29, 0.717) is 18.5 Å². The first kappa shape index (κ1) is 15.4. The van der Waals surface area contributed by atoms with Gasteiger partial charge in [-0.05, 0) is 31.8 Å². The van der Waals surface area contributed by atoms with E-state index in [2.05, 4.69) is 4.89 Å². The van der Waals surface area contributed by atoms with Gasteiger partial charge in [-0.25, -0.2) is 4.79 Å². The average Bonchev–Trinajstić information content (AvgIpc) is 2.32. The number of thioether (sulfide) groups is 1. The highest BCUT2D eigenvalue weighted by Crippen LogP contribution is 2.11. The first-order valence-electron chi connectivity index (χ1n) is 5.12. The fraction of sp³-hybridized carbons (Fsp3) is 0.800. The number of hydrogen-bond donors (Lipinski definition) is 1. The summed E-state index contributed by atoms with van der Waals surface area (Å²) in [6, 6.07) is 0. The lowest BCUT2D eigenvalue weighted by atomic mass is 10.0. The van der Waals surface area contributed by atoms with E-state index in [-0.39, 0.29) is 12.5 Å². The SMILES string of the molecule is CCC(C)OOC(=O)C(N)(C=O)CCSC. The van der Waals surface area contributed by atoms with Crippen LogP contribution in [0.2, 0.25) is 0 Å². The predicted octanol–water partition coefficient (Wildman–Crippen LogP) is 0.909. The summed E-state index contributed by atoms with van der Waals surface area (Å²) in [5, 5.41) is 0. The standard InChI is InChI=1S/C10H19NO4S/c1-4-8(2)14-15-9(13)10(11,7-12)5-6-16-3/h7-8H,4-6,11H2,1-3H3. The predicted molar refractivity (Wildman–Crippen MR) is 62.9 cm³/mol. The van der Waals surface area contributed by atoms with Crippen LogP contribution in [0.3, 0.4) is 0 Å². The Hall–Kier alpha value is -0.590. The number of hydrogen-bond acceptors (Lipinski definition) is 6. The van der Waals surface area contributed by atoms with Crippen molar-refractivity contribution in [1.29, 1.82) is 0 Å². The van der Waals surface area contributed by atoms with Gasteiger partial charge < -0.3 is 10.5 Å². The molecule has 0 aliphatic heterocycles. The Morgan fingerprint density at radius 2 is 2.25 bits per heavy atom. The maximum Gasteiger partial charge on any atom is 0.369 e. The third kappa shape index (κ3) is 4.96. The molecule has 0 bridgehead atoms. The van der Waals surface area contributed by atoms with Crippen LogP contribution in [0.15, 0.2) is 0 Å². The monoisotopic (exact) mass is 249 g/mol. The molecule has 0 saturated heterocycles. The molecule has 16 heavy (non-hydrogen) atoms. The van der Waals surface area contributed by atoms with E-state index >= 15 is 0 Å². The Kier molecular flexibility index (Phi) is 7.36. The van der Waals surface area contributed by atoms with Crippen molar-refractivity contribution in [2.24, 2.45) is 5.73 Å². The molecule has 2 unspecified atom stereocenters. The quantitative estimate of drug-likeness (QED) is 0.298. The summed E-state index contributed by atoms with van der Waals surface area (Å²) in [7, 11) is 0. The smallest absolute Gasteiger partial charge is 0.310 e. The lowest BCUT2D eigenvalue weighted by Crippen LogP contribution is -2.51. The van der Waals surface area contributed by atoms with Gasteiger partial charge in [0, 0.05) is 0 Å². The van der Waals surface area contributed by atoms with E-state index in [1.165, 1.54) is 11.8 Å². The molecule has 2 atom stereocenters. The second-order valence-electron chi connectivity index (χ2n) is 3.59. The molecule has 94 valence electrons. The molecule has 0 amide bonds. The Morgan fingerprint density at radius 3 is 2.69 bits per heavy atom. The molecule has 0 aliphatic rings. The minimum atomic E-state index is -1.60. The van der Waals surface area contributed by atoms with Crippen LogP contribution in [0.1, 0.15) is 26.7 Å². The maximum atomic E-state index is 11.5. The number of aldehydes is 1. The van der Waals surface area contributed by atoms with Crippen LogP contribution in [0.4, 0.5) is 0 Å². The largest absolute Gasteiger partial charge is 0.369 e. The van der Waals surface area contributed by atoms with E-state index in [1.54, 1.807) is 6.92 Å². The fourth-order valence-electron chi connectivity index (χ4n) is 0.751. The minimum absolute atomic E-state index is 0.208. The van der Waals surface area contributed by atoms with Gasteiger partial charge in [-0.2, -0.15) is 16.6 Å².